The molecule has 0 aromatic heterocycles. The van der Waals surface area contributed by atoms with Gasteiger partial charge in [-0.25, -0.2) is 9.80 Å². The van der Waals surface area contributed by atoms with Crippen LogP contribution in [0, 0.1) is 6.92 Å². The largest absolute Gasteiger partial charge is 2.00 e. The summed E-state index contributed by atoms with van der Waals surface area (Å²) in [5.74, 6) is 0.653. The quantitative estimate of drug-likeness (QED) is 0.247. The first kappa shape index (κ1) is 32.7. The van der Waals surface area contributed by atoms with Crippen molar-refractivity contribution in [2.75, 3.05) is 53.0 Å². The van der Waals surface area contributed by atoms with Gasteiger partial charge in [0.2, 0.25) is 0 Å². The molecule has 4 saturated heterocycles. The molecule has 0 aliphatic carbocycles. The van der Waals surface area contributed by atoms with Gasteiger partial charge in [-0.3, -0.25) is 4.48 Å². The maximum atomic E-state index is 7.00. The van der Waals surface area contributed by atoms with E-state index in [1.54, 1.807) is 0 Å². The van der Waals surface area contributed by atoms with Crippen molar-refractivity contribution < 1.29 is 66.6 Å². The molecule has 4 fully saturated rings. The average Bonchev–Trinajstić information content (AvgIpc) is 2.48. The summed E-state index contributed by atoms with van der Waals surface area (Å²) in [6, 6.07) is 8.71. The Bertz CT molecular complexity index is 474. The maximum absolute atomic E-state index is 7.00. The normalized spacial score (nSPS) is 28.6. The van der Waals surface area contributed by atoms with E-state index in [9.17, 15) is 0 Å². The number of aliphatic hydroxyl groups is 1. The fourth-order valence-corrected chi connectivity index (χ4v) is 6.69. The van der Waals surface area contributed by atoms with E-state index in [4.69, 9.17) is 5.11 Å². The molecule has 4 nitrogen and oxygen atoms in total. The van der Waals surface area contributed by atoms with Crippen LogP contribution in [0.3, 0.4) is 0 Å². The first-order chi connectivity index (χ1) is 10.9. The molecule has 4 aliphatic rings. The first-order valence-electron chi connectivity index (χ1n) is 8.45. The van der Waals surface area contributed by atoms with Crippen LogP contribution in [0.25, 0.3) is 0 Å². The van der Waals surface area contributed by atoms with Gasteiger partial charge in [-0.15, -0.1) is 0 Å². The second kappa shape index (κ2) is 14.9. The van der Waals surface area contributed by atoms with Crippen molar-refractivity contribution in [1.82, 2.24) is 9.80 Å². The molecule has 5 rings (SSSR count). The molecule has 9 heteroatoms. The van der Waals surface area contributed by atoms with Crippen LogP contribution in [0.5, 0.6) is 0 Å². The van der Waals surface area contributed by atoms with Crippen LogP contribution in [-0.2, 0) is 19.8 Å². The van der Waals surface area contributed by atoms with Crippen LogP contribution in [-0.4, -0.2) is 72.4 Å². The fraction of sp³-hybridized carbons (Fsp3) is 0.667. The van der Waals surface area contributed by atoms with Crippen molar-refractivity contribution in [2.24, 2.45) is 0 Å². The van der Waals surface area contributed by atoms with E-state index < -0.39 is 0 Å². The molecule has 4 aliphatic heterocycles. The zero-order valence-electron chi connectivity index (χ0n) is 16.9. The molecule has 0 radical (unpaired) electrons. The van der Waals surface area contributed by atoms with Crippen molar-refractivity contribution in [3.8, 4) is 0 Å². The minimum absolute atomic E-state index is 0. The van der Waals surface area contributed by atoms with Gasteiger partial charge in [0, 0.05) is 19.7 Å². The molecule has 4 bridgehead atoms. The van der Waals surface area contributed by atoms with Gasteiger partial charge < -0.3 is 42.3 Å². The van der Waals surface area contributed by atoms with Gasteiger partial charge in [0.25, 0.3) is 0 Å². The molecule has 1 N–H and O–H groups in total. The van der Waals surface area contributed by atoms with E-state index in [-0.39, 0.29) is 57.0 Å². The summed E-state index contributed by atoms with van der Waals surface area (Å²) >= 11 is 0. The number of halogens is 3. The Balaban J connectivity index is -0.000000346. The predicted molar refractivity (Wildman–Crippen MR) is 99.4 cm³/mol. The summed E-state index contributed by atoms with van der Waals surface area (Å²) < 4.78 is 1.31. The molecule has 4 heterocycles. The Labute approximate surface area is 198 Å². The van der Waals surface area contributed by atoms with E-state index >= 15 is 0 Å². The second-order valence-corrected chi connectivity index (χ2v) is 9.74. The number of aryl methyl sites for hydroxylation is 1. The molecule has 160 valence electrons. The van der Waals surface area contributed by atoms with Crippen LogP contribution in [0.1, 0.15) is 30.9 Å². The zero-order valence-corrected chi connectivity index (χ0v) is 22.6. The SMILES string of the molecule is CO.C[N+]12CN3CN(CP(C3)C1)C2.Cc1ccc(C(C)C)cc1.[Cl-].[Cl-].[Cl-].[Os+2]. The van der Waals surface area contributed by atoms with Gasteiger partial charge in [0.05, 0.1) is 13.7 Å². The topological polar surface area (TPSA) is 26.7 Å². The fourth-order valence-electron chi connectivity index (χ4n) is 3.79. The third-order valence-electron chi connectivity index (χ3n) is 4.57. The number of aliphatic hydroxyl groups excluding tert-OH is 1. The van der Waals surface area contributed by atoms with Crippen LogP contribution in [0.2, 0.25) is 0 Å². The molecular weight excluding hydrogens is 602 g/mol. The van der Waals surface area contributed by atoms with Gasteiger partial charge >= 0.3 is 19.8 Å². The summed E-state index contributed by atoms with van der Waals surface area (Å²) in [4.78, 5) is 5.25. The van der Waals surface area contributed by atoms with Crippen molar-refractivity contribution >= 4 is 7.92 Å². The Hall–Kier alpha value is 0.996. The third-order valence-corrected chi connectivity index (χ3v) is 7.25. The van der Waals surface area contributed by atoms with Crippen molar-refractivity contribution in [3.63, 3.8) is 0 Å². The van der Waals surface area contributed by atoms with Gasteiger partial charge in [0.15, 0.2) is 0 Å². The Morgan fingerprint density at radius 3 is 1.74 bits per heavy atom. The van der Waals surface area contributed by atoms with Crippen LogP contribution in [0.4, 0.5) is 0 Å². The number of benzene rings is 1. The number of hydrogen-bond acceptors (Lipinski definition) is 3. The smallest absolute Gasteiger partial charge is 1.00 e. The molecule has 2 unspecified atom stereocenters. The standard InChI is InChI=1S/C10H14.C7H15N3P.CH4O.3ClH.Os/c1-8(2)10-6-4-9(3)5-7-10;1-10-3-8-2-9(4-10)6-11(5-8)7-10;1-2;;;;/h4-8H,1-3H3;2-7H2,1H3;2H,1H3;3*1H;/q;+1;;;;;+2/p-3. The molecule has 27 heavy (non-hydrogen) atoms. The Kier molecular flexibility index (Phi) is 18.0. The van der Waals surface area contributed by atoms with E-state index in [1.165, 1.54) is 54.5 Å². The predicted octanol–water partition coefficient (Wildman–Crippen LogP) is -5.96. The van der Waals surface area contributed by atoms with E-state index in [0.29, 0.717) is 13.8 Å². The minimum Gasteiger partial charge on any atom is -1.00 e. The summed E-state index contributed by atoms with van der Waals surface area (Å²) in [5, 5.41) is 7.00. The molecular formula is C18H33Cl3N3OOsP. The van der Waals surface area contributed by atoms with Gasteiger partial charge in [-0.1, -0.05) is 43.7 Å². The average molecular weight is 635 g/mol. The molecule has 1 aromatic carbocycles. The molecule has 0 amide bonds. The summed E-state index contributed by atoms with van der Waals surface area (Å²) in [7, 11) is 3.77. The summed E-state index contributed by atoms with van der Waals surface area (Å²) in [6.07, 6.45) is 4.35. The second-order valence-electron chi connectivity index (χ2n) is 7.55. The number of nitrogens with zero attached hydrogens (tertiary/aromatic N) is 3. The molecule has 1 aromatic rings. The Morgan fingerprint density at radius 2 is 1.41 bits per heavy atom. The van der Waals surface area contributed by atoms with E-state index in [2.05, 4.69) is 61.9 Å². The first-order valence-corrected chi connectivity index (χ1v) is 10.4. The number of quaternary nitrogens is 1. The molecule has 0 saturated carbocycles. The van der Waals surface area contributed by atoms with Crippen molar-refractivity contribution in [1.29, 1.82) is 0 Å². The molecule has 2 atom stereocenters. The van der Waals surface area contributed by atoms with E-state index in [0.717, 1.165) is 7.11 Å². The van der Waals surface area contributed by atoms with Gasteiger partial charge in [0.1, 0.15) is 19.6 Å². The van der Waals surface area contributed by atoms with E-state index in [1.807, 2.05) is 0 Å². The van der Waals surface area contributed by atoms with Crippen LogP contribution < -0.4 is 37.2 Å². The summed E-state index contributed by atoms with van der Waals surface area (Å²) in [6.45, 7) is 10.4. The van der Waals surface area contributed by atoms with Crippen molar-refractivity contribution in [3.05, 3.63) is 35.4 Å². The number of rotatable bonds is 1. The maximum Gasteiger partial charge on any atom is 2.00 e. The summed E-state index contributed by atoms with van der Waals surface area (Å²) in [5.41, 5.74) is 2.76. The monoisotopic (exact) mass is 635 g/mol. The van der Waals surface area contributed by atoms with Crippen molar-refractivity contribution in [2.45, 2.75) is 26.7 Å². The Morgan fingerprint density at radius 1 is 0.963 bits per heavy atom. The third kappa shape index (κ3) is 9.56. The van der Waals surface area contributed by atoms with Crippen LogP contribution >= 0.6 is 7.92 Å². The van der Waals surface area contributed by atoms with Gasteiger partial charge in [-0.05, 0) is 26.3 Å². The molecule has 0 spiro atoms. The minimum atomic E-state index is 0. The van der Waals surface area contributed by atoms with Gasteiger partial charge in [-0.2, -0.15) is 0 Å². The number of hydrogen-bond donors (Lipinski definition) is 1. The van der Waals surface area contributed by atoms with Crippen LogP contribution in [0.15, 0.2) is 24.3 Å². The zero-order chi connectivity index (χ0) is 17.0.